The molecule has 0 amide bonds. The van der Waals surface area contributed by atoms with Crippen molar-refractivity contribution >= 4 is 21.7 Å². The first-order chi connectivity index (χ1) is 12.4. The molecule has 8 heteroatoms. The van der Waals surface area contributed by atoms with Crippen LogP contribution in [0.5, 0.6) is 0 Å². The highest BCUT2D eigenvalue weighted by atomic mass is 32.2. The van der Waals surface area contributed by atoms with Crippen LogP contribution in [0.2, 0.25) is 0 Å². The van der Waals surface area contributed by atoms with Crippen LogP contribution in [0.3, 0.4) is 0 Å². The Bertz CT molecular complexity index is 877. The summed E-state index contributed by atoms with van der Waals surface area (Å²) < 4.78 is 29.4. The number of hydrogen-bond acceptors (Lipinski definition) is 5. The third-order valence-electron chi connectivity index (χ3n) is 4.75. The summed E-state index contributed by atoms with van der Waals surface area (Å²) in [5.41, 5.74) is 4.13. The lowest BCUT2D eigenvalue weighted by atomic mass is 10.1. The summed E-state index contributed by atoms with van der Waals surface area (Å²) >= 11 is 0. The van der Waals surface area contributed by atoms with Crippen LogP contribution in [0.15, 0.2) is 30.5 Å². The van der Waals surface area contributed by atoms with Gasteiger partial charge in [-0.25, -0.2) is 4.98 Å². The Hall–Kier alpha value is -2.19. The summed E-state index contributed by atoms with van der Waals surface area (Å²) in [7, 11) is -3.60. The van der Waals surface area contributed by atoms with Crippen LogP contribution in [0.4, 0.5) is 11.5 Å². The second-order valence-corrected chi connectivity index (χ2v) is 8.07. The van der Waals surface area contributed by atoms with Crippen molar-refractivity contribution in [2.75, 3.05) is 35.8 Å². The summed E-state index contributed by atoms with van der Waals surface area (Å²) in [5.74, 6) is 0.368. The van der Waals surface area contributed by atoms with E-state index in [0.717, 1.165) is 29.1 Å². The maximum absolute atomic E-state index is 12.7. The fourth-order valence-corrected chi connectivity index (χ4v) is 4.22. The molecule has 7 nitrogen and oxygen atoms in total. The van der Waals surface area contributed by atoms with Crippen molar-refractivity contribution in [2.24, 2.45) is 0 Å². The maximum Gasteiger partial charge on any atom is 0.302 e. The van der Waals surface area contributed by atoms with Gasteiger partial charge in [0.1, 0.15) is 5.82 Å². The molecule has 0 aromatic carbocycles. The molecule has 1 fully saturated rings. The lowest BCUT2D eigenvalue weighted by molar-refractivity contribution is 0.387. The fourth-order valence-electron chi connectivity index (χ4n) is 3.07. The Kier molecular flexibility index (Phi) is 5.43. The highest BCUT2D eigenvalue weighted by Gasteiger charge is 2.28. The van der Waals surface area contributed by atoms with E-state index in [9.17, 15) is 8.42 Å². The van der Waals surface area contributed by atoms with Gasteiger partial charge in [0.05, 0.1) is 0 Å². The summed E-state index contributed by atoms with van der Waals surface area (Å²) in [6, 6.07) is 7.37. The predicted octanol–water partition coefficient (Wildman–Crippen LogP) is 2.13. The first-order valence-electron chi connectivity index (χ1n) is 8.81. The lowest BCUT2D eigenvalue weighted by Gasteiger charge is -2.36. The smallest absolute Gasteiger partial charge is 0.302 e. The molecule has 26 heavy (non-hydrogen) atoms. The summed E-state index contributed by atoms with van der Waals surface area (Å²) in [6.45, 7) is 8.19. The van der Waals surface area contributed by atoms with Gasteiger partial charge in [-0.05, 0) is 44.0 Å². The van der Waals surface area contributed by atoms with Crippen molar-refractivity contribution in [1.29, 1.82) is 0 Å². The molecular formula is C18H25N5O2S. The molecule has 140 valence electrons. The van der Waals surface area contributed by atoms with Crippen LogP contribution < -0.4 is 9.62 Å². The van der Waals surface area contributed by atoms with Crippen molar-refractivity contribution in [3.8, 4) is 0 Å². The van der Waals surface area contributed by atoms with E-state index in [0.29, 0.717) is 32.0 Å². The largest absolute Gasteiger partial charge is 0.369 e. The Morgan fingerprint density at radius 2 is 1.85 bits per heavy atom. The van der Waals surface area contributed by atoms with Gasteiger partial charge in [-0.1, -0.05) is 13.0 Å². The minimum absolute atomic E-state index is 0.368. The fraction of sp³-hybridized carbons (Fsp3) is 0.444. The number of aryl methyl sites for hydroxylation is 2. The summed E-state index contributed by atoms with van der Waals surface area (Å²) in [4.78, 5) is 10.8. The molecule has 1 aliphatic heterocycles. The number of nitrogens with one attached hydrogen (secondary N) is 1. The van der Waals surface area contributed by atoms with Crippen molar-refractivity contribution < 1.29 is 8.42 Å². The zero-order chi connectivity index (χ0) is 18.7. The van der Waals surface area contributed by atoms with Gasteiger partial charge in [-0.15, -0.1) is 0 Å². The van der Waals surface area contributed by atoms with Crippen LogP contribution in [0.1, 0.15) is 23.9 Å². The van der Waals surface area contributed by atoms with Crippen molar-refractivity contribution in [2.45, 2.75) is 27.2 Å². The molecule has 0 atom stereocenters. The van der Waals surface area contributed by atoms with Gasteiger partial charge in [0.2, 0.25) is 0 Å². The molecule has 3 rings (SSSR count). The molecule has 1 aliphatic rings. The van der Waals surface area contributed by atoms with E-state index >= 15 is 0 Å². The van der Waals surface area contributed by atoms with E-state index in [2.05, 4.69) is 26.5 Å². The van der Waals surface area contributed by atoms with Crippen LogP contribution in [0, 0.1) is 13.8 Å². The predicted molar refractivity (Wildman–Crippen MR) is 104 cm³/mol. The first kappa shape index (κ1) is 18.6. The third-order valence-corrected chi connectivity index (χ3v) is 6.26. The number of rotatable bonds is 5. The van der Waals surface area contributed by atoms with Crippen LogP contribution in [0.25, 0.3) is 0 Å². The van der Waals surface area contributed by atoms with Crippen LogP contribution >= 0.6 is 0 Å². The standard InChI is InChI=1S/C18H25N5O2S/c1-4-16-6-5-7-18(20-16)21-26(24,25)23-12-10-22(11-13-23)17-8-9-19-15(3)14(17)2/h5-9H,4,10-13H2,1-3H3,(H,20,21). The highest BCUT2D eigenvalue weighted by molar-refractivity contribution is 7.90. The molecule has 1 N–H and O–H groups in total. The van der Waals surface area contributed by atoms with Crippen molar-refractivity contribution in [3.05, 3.63) is 47.4 Å². The quantitative estimate of drug-likeness (QED) is 0.866. The van der Waals surface area contributed by atoms with Crippen molar-refractivity contribution in [3.63, 3.8) is 0 Å². The van der Waals surface area contributed by atoms with Gasteiger partial charge in [0.15, 0.2) is 0 Å². The van der Waals surface area contributed by atoms with Crippen molar-refractivity contribution in [1.82, 2.24) is 14.3 Å². The molecule has 0 radical (unpaired) electrons. The summed E-state index contributed by atoms with van der Waals surface area (Å²) in [6.07, 6.45) is 2.56. The van der Waals surface area contributed by atoms with E-state index in [-0.39, 0.29) is 0 Å². The minimum Gasteiger partial charge on any atom is -0.369 e. The van der Waals surface area contributed by atoms with Gasteiger partial charge in [-0.2, -0.15) is 12.7 Å². The monoisotopic (exact) mass is 375 g/mol. The van der Waals surface area contributed by atoms with Gasteiger partial charge in [0, 0.05) is 49.5 Å². The van der Waals surface area contributed by atoms with Gasteiger partial charge in [0.25, 0.3) is 0 Å². The zero-order valence-corrected chi connectivity index (χ0v) is 16.3. The Labute approximate surface area is 155 Å². The van der Waals surface area contributed by atoms with Crippen LogP contribution in [-0.4, -0.2) is 48.9 Å². The lowest BCUT2D eigenvalue weighted by Crippen LogP contribution is -2.50. The third kappa shape index (κ3) is 3.96. The second-order valence-electron chi connectivity index (χ2n) is 6.40. The average Bonchev–Trinajstić information content (AvgIpc) is 2.64. The Balaban J connectivity index is 1.67. The number of pyridine rings is 2. The highest BCUT2D eigenvalue weighted by Crippen LogP contribution is 2.23. The Morgan fingerprint density at radius 3 is 2.54 bits per heavy atom. The van der Waals surface area contributed by atoms with E-state index in [1.807, 2.05) is 32.0 Å². The normalized spacial score (nSPS) is 15.9. The molecule has 2 aromatic rings. The zero-order valence-electron chi connectivity index (χ0n) is 15.4. The molecule has 1 saturated heterocycles. The molecule has 3 heterocycles. The van der Waals surface area contributed by atoms with Gasteiger partial charge >= 0.3 is 10.2 Å². The van der Waals surface area contributed by atoms with Gasteiger partial charge < -0.3 is 4.90 Å². The second kappa shape index (κ2) is 7.59. The molecule has 0 unspecified atom stereocenters. The molecular weight excluding hydrogens is 350 g/mol. The van der Waals surface area contributed by atoms with E-state index < -0.39 is 10.2 Å². The molecule has 0 aliphatic carbocycles. The SMILES string of the molecule is CCc1cccc(NS(=O)(=O)N2CCN(c3ccnc(C)c3C)CC2)n1. The molecule has 2 aromatic heterocycles. The number of anilines is 2. The Morgan fingerprint density at radius 1 is 1.12 bits per heavy atom. The number of piperazine rings is 1. The van der Waals surface area contributed by atoms with E-state index in [1.165, 1.54) is 4.31 Å². The molecule has 0 bridgehead atoms. The first-order valence-corrected chi connectivity index (χ1v) is 10.3. The van der Waals surface area contributed by atoms with E-state index in [4.69, 9.17) is 0 Å². The van der Waals surface area contributed by atoms with E-state index in [1.54, 1.807) is 12.3 Å². The maximum atomic E-state index is 12.7. The molecule has 0 saturated carbocycles. The number of hydrogen-bond donors (Lipinski definition) is 1. The van der Waals surface area contributed by atoms with Gasteiger partial charge in [-0.3, -0.25) is 9.71 Å². The topological polar surface area (TPSA) is 78.4 Å². The average molecular weight is 375 g/mol. The van der Waals surface area contributed by atoms with Crippen LogP contribution in [-0.2, 0) is 16.6 Å². The number of aromatic nitrogens is 2. The number of nitrogens with zero attached hydrogens (tertiary/aromatic N) is 4. The molecule has 0 spiro atoms. The minimum atomic E-state index is -3.60. The summed E-state index contributed by atoms with van der Waals surface area (Å²) in [5, 5.41) is 0.